The van der Waals surface area contributed by atoms with E-state index in [0.717, 1.165) is 5.56 Å². The summed E-state index contributed by atoms with van der Waals surface area (Å²) < 4.78 is 5.30. The summed E-state index contributed by atoms with van der Waals surface area (Å²) in [5, 5.41) is 3.64. The Morgan fingerprint density at radius 2 is 2.17 bits per heavy atom. The highest BCUT2D eigenvalue weighted by molar-refractivity contribution is 7.80. The van der Waals surface area contributed by atoms with Crippen LogP contribution in [0.25, 0.3) is 0 Å². The molecule has 7 heteroatoms. The van der Waals surface area contributed by atoms with Gasteiger partial charge in [-0.1, -0.05) is 11.6 Å². The standard InChI is InChI=1S/C11H14ClN3O2S/c1-7-5-8(3-4-9(7)12)17-6-10(16)14-15-11(18)13-2/h3-5H,6H2,1-2H3,(H,14,16)(H2,13,15,18). The molecule has 0 saturated carbocycles. The van der Waals surface area contributed by atoms with Gasteiger partial charge < -0.3 is 10.1 Å². The lowest BCUT2D eigenvalue weighted by molar-refractivity contribution is -0.123. The van der Waals surface area contributed by atoms with Crippen molar-refractivity contribution in [2.24, 2.45) is 0 Å². The zero-order valence-electron chi connectivity index (χ0n) is 10.0. The normalized spacial score (nSPS) is 9.50. The quantitative estimate of drug-likeness (QED) is 0.575. The van der Waals surface area contributed by atoms with Gasteiger partial charge in [0.15, 0.2) is 11.7 Å². The van der Waals surface area contributed by atoms with Gasteiger partial charge in [-0.05, 0) is 42.9 Å². The molecular weight excluding hydrogens is 274 g/mol. The summed E-state index contributed by atoms with van der Waals surface area (Å²) >= 11 is 10.7. The molecule has 0 heterocycles. The lowest BCUT2D eigenvalue weighted by Crippen LogP contribution is -2.47. The van der Waals surface area contributed by atoms with Crippen LogP contribution in [0.3, 0.4) is 0 Å². The number of hydrogen-bond donors (Lipinski definition) is 3. The van der Waals surface area contributed by atoms with E-state index in [1.165, 1.54) is 0 Å². The molecule has 98 valence electrons. The van der Waals surface area contributed by atoms with Crippen LogP contribution >= 0.6 is 23.8 Å². The van der Waals surface area contributed by atoms with Crippen molar-refractivity contribution in [3.05, 3.63) is 28.8 Å². The van der Waals surface area contributed by atoms with Crippen molar-refractivity contribution in [2.45, 2.75) is 6.92 Å². The Morgan fingerprint density at radius 1 is 1.44 bits per heavy atom. The summed E-state index contributed by atoms with van der Waals surface area (Å²) in [6.07, 6.45) is 0. The van der Waals surface area contributed by atoms with Crippen molar-refractivity contribution in [2.75, 3.05) is 13.7 Å². The average Bonchev–Trinajstić information content (AvgIpc) is 2.37. The zero-order chi connectivity index (χ0) is 13.5. The predicted octanol–water partition coefficient (Wildman–Crippen LogP) is 1.15. The van der Waals surface area contributed by atoms with Gasteiger partial charge in [0.05, 0.1) is 0 Å². The van der Waals surface area contributed by atoms with Crippen LogP contribution in [0.2, 0.25) is 5.02 Å². The van der Waals surface area contributed by atoms with E-state index in [-0.39, 0.29) is 12.5 Å². The van der Waals surface area contributed by atoms with Crippen LogP contribution in [0.15, 0.2) is 18.2 Å². The molecule has 0 aromatic heterocycles. The highest BCUT2D eigenvalue weighted by Crippen LogP contribution is 2.20. The Labute approximate surface area is 116 Å². The number of benzene rings is 1. The lowest BCUT2D eigenvalue weighted by atomic mass is 10.2. The fourth-order valence-corrected chi connectivity index (χ4v) is 1.25. The number of aryl methyl sites for hydroxylation is 1. The molecule has 0 unspecified atom stereocenters. The Balaban J connectivity index is 2.38. The molecular formula is C11H14ClN3O2S. The average molecular weight is 288 g/mol. The monoisotopic (exact) mass is 287 g/mol. The van der Waals surface area contributed by atoms with Crippen LogP contribution < -0.4 is 20.9 Å². The second-order valence-electron chi connectivity index (χ2n) is 3.45. The molecule has 0 aliphatic heterocycles. The number of carbonyl (C=O) groups is 1. The first-order chi connectivity index (χ1) is 8.52. The molecule has 0 atom stereocenters. The third-order valence-electron chi connectivity index (χ3n) is 2.04. The number of rotatable bonds is 3. The lowest BCUT2D eigenvalue weighted by Gasteiger charge is -2.10. The Bertz CT molecular complexity index is 454. The van der Waals surface area contributed by atoms with E-state index in [0.29, 0.717) is 15.9 Å². The molecule has 0 aliphatic rings. The molecule has 1 amide bonds. The van der Waals surface area contributed by atoms with Crippen molar-refractivity contribution in [3.8, 4) is 5.75 Å². The molecule has 0 radical (unpaired) electrons. The fourth-order valence-electron chi connectivity index (χ4n) is 1.08. The maximum absolute atomic E-state index is 11.4. The van der Waals surface area contributed by atoms with E-state index in [2.05, 4.69) is 16.2 Å². The van der Waals surface area contributed by atoms with E-state index in [1.54, 1.807) is 25.2 Å². The number of nitrogens with one attached hydrogen (secondary N) is 3. The molecule has 1 aromatic carbocycles. The van der Waals surface area contributed by atoms with Gasteiger partial charge in [-0.15, -0.1) is 0 Å². The fraction of sp³-hybridized carbons (Fsp3) is 0.273. The summed E-state index contributed by atoms with van der Waals surface area (Å²) in [6, 6.07) is 5.19. The van der Waals surface area contributed by atoms with Crippen LogP contribution in [-0.2, 0) is 4.79 Å². The first-order valence-corrected chi connectivity index (χ1v) is 5.97. The molecule has 1 aromatic rings. The first-order valence-electron chi connectivity index (χ1n) is 5.18. The molecule has 0 fully saturated rings. The number of carbonyl (C=O) groups excluding carboxylic acids is 1. The second kappa shape index (κ2) is 7.03. The SMILES string of the molecule is CNC(=S)NNC(=O)COc1ccc(Cl)c(C)c1. The molecule has 0 spiro atoms. The molecule has 5 nitrogen and oxygen atoms in total. The molecule has 18 heavy (non-hydrogen) atoms. The smallest absolute Gasteiger partial charge is 0.276 e. The summed E-state index contributed by atoms with van der Waals surface area (Å²) in [5.41, 5.74) is 5.79. The van der Waals surface area contributed by atoms with Gasteiger partial charge in [0.25, 0.3) is 5.91 Å². The van der Waals surface area contributed by atoms with Gasteiger partial charge in [-0.3, -0.25) is 15.6 Å². The van der Waals surface area contributed by atoms with Crippen molar-refractivity contribution >= 4 is 34.8 Å². The summed E-state index contributed by atoms with van der Waals surface area (Å²) in [7, 11) is 1.65. The van der Waals surface area contributed by atoms with Crippen molar-refractivity contribution in [1.82, 2.24) is 16.2 Å². The van der Waals surface area contributed by atoms with E-state index < -0.39 is 0 Å². The number of ether oxygens (including phenoxy) is 1. The minimum atomic E-state index is -0.333. The number of hydrazine groups is 1. The minimum Gasteiger partial charge on any atom is -0.484 e. The summed E-state index contributed by atoms with van der Waals surface area (Å²) in [5.74, 6) is 0.253. The topological polar surface area (TPSA) is 62.4 Å². The number of amides is 1. The predicted molar refractivity (Wildman–Crippen MR) is 74.6 cm³/mol. The Morgan fingerprint density at radius 3 is 2.78 bits per heavy atom. The molecule has 3 N–H and O–H groups in total. The third kappa shape index (κ3) is 4.77. The molecule has 0 saturated heterocycles. The third-order valence-corrected chi connectivity index (χ3v) is 2.77. The van der Waals surface area contributed by atoms with E-state index >= 15 is 0 Å². The van der Waals surface area contributed by atoms with Gasteiger partial charge in [0, 0.05) is 12.1 Å². The highest BCUT2D eigenvalue weighted by atomic mass is 35.5. The van der Waals surface area contributed by atoms with E-state index in [4.69, 9.17) is 28.6 Å². The zero-order valence-corrected chi connectivity index (χ0v) is 11.6. The molecule has 0 aliphatic carbocycles. The number of halogens is 1. The molecule has 1 rings (SSSR count). The van der Waals surface area contributed by atoms with Crippen LogP contribution in [0.1, 0.15) is 5.56 Å². The molecule has 0 bridgehead atoms. The van der Waals surface area contributed by atoms with Crippen molar-refractivity contribution in [3.63, 3.8) is 0 Å². The minimum absolute atomic E-state index is 0.111. The maximum atomic E-state index is 11.4. The summed E-state index contributed by atoms with van der Waals surface area (Å²) in [6.45, 7) is 1.75. The van der Waals surface area contributed by atoms with Crippen molar-refractivity contribution < 1.29 is 9.53 Å². The Kier molecular flexibility index (Phi) is 5.67. The maximum Gasteiger partial charge on any atom is 0.276 e. The van der Waals surface area contributed by atoms with Gasteiger partial charge in [-0.25, -0.2) is 0 Å². The largest absolute Gasteiger partial charge is 0.484 e. The van der Waals surface area contributed by atoms with Gasteiger partial charge in [-0.2, -0.15) is 0 Å². The van der Waals surface area contributed by atoms with Crippen LogP contribution in [-0.4, -0.2) is 24.7 Å². The first kappa shape index (κ1) is 14.5. The summed E-state index contributed by atoms with van der Waals surface area (Å²) in [4.78, 5) is 11.4. The van der Waals surface area contributed by atoms with Gasteiger partial charge in [0.1, 0.15) is 5.75 Å². The van der Waals surface area contributed by atoms with Crippen LogP contribution in [0, 0.1) is 6.92 Å². The van der Waals surface area contributed by atoms with Crippen LogP contribution in [0.5, 0.6) is 5.75 Å². The van der Waals surface area contributed by atoms with E-state index in [1.807, 2.05) is 6.92 Å². The second-order valence-corrected chi connectivity index (χ2v) is 4.27. The van der Waals surface area contributed by atoms with Gasteiger partial charge >= 0.3 is 0 Å². The van der Waals surface area contributed by atoms with Crippen molar-refractivity contribution in [1.29, 1.82) is 0 Å². The van der Waals surface area contributed by atoms with Gasteiger partial charge in [0.2, 0.25) is 0 Å². The van der Waals surface area contributed by atoms with Crippen LogP contribution in [0.4, 0.5) is 0 Å². The van der Waals surface area contributed by atoms with E-state index in [9.17, 15) is 4.79 Å². The number of thiocarbonyl (C=S) groups is 1. The Hall–Kier alpha value is -1.53. The highest BCUT2D eigenvalue weighted by Gasteiger charge is 2.04. The number of hydrogen-bond acceptors (Lipinski definition) is 3.